The van der Waals surface area contributed by atoms with Crippen LogP contribution in [0.1, 0.15) is 13.8 Å². The van der Waals surface area contributed by atoms with Gasteiger partial charge in [-0.25, -0.2) is 0 Å². The van der Waals surface area contributed by atoms with Gasteiger partial charge < -0.3 is 5.32 Å². The number of hydrogen-bond acceptors (Lipinski definition) is 4. The van der Waals surface area contributed by atoms with E-state index in [0.29, 0.717) is 0 Å². The molecular formula is C6H12N2O4S. The average molecular weight is 208 g/mol. The average Bonchev–Trinajstić information content (AvgIpc) is 2.00. The van der Waals surface area contributed by atoms with E-state index in [1.807, 2.05) is 0 Å². The molecule has 1 aliphatic rings. The maximum absolute atomic E-state index is 11.2. The van der Waals surface area contributed by atoms with Crippen LogP contribution in [-0.4, -0.2) is 38.4 Å². The number of hydroxylamine groups is 2. The van der Waals surface area contributed by atoms with E-state index in [1.165, 1.54) is 0 Å². The lowest BCUT2D eigenvalue weighted by Crippen LogP contribution is -2.75. The van der Waals surface area contributed by atoms with Crippen molar-refractivity contribution in [1.82, 2.24) is 10.4 Å². The third-order valence-electron chi connectivity index (χ3n) is 2.10. The molecule has 0 aliphatic carbocycles. The third-order valence-corrected chi connectivity index (χ3v) is 2.38. The zero-order valence-corrected chi connectivity index (χ0v) is 8.42. The van der Waals surface area contributed by atoms with Gasteiger partial charge in [-0.2, -0.15) is 9.27 Å². The number of β-lactam (4-membered cyclic amide) rings is 1. The number of nitrogens with one attached hydrogen (secondary N) is 1. The van der Waals surface area contributed by atoms with Crippen LogP contribution >= 0.6 is 0 Å². The topological polar surface area (TPSA) is 78.9 Å². The Kier molecular flexibility index (Phi) is 2.71. The van der Waals surface area contributed by atoms with E-state index in [0.717, 1.165) is 5.06 Å². The Balaban J connectivity index is 2.69. The van der Waals surface area contributed by atoms with Crippen LogP contribution in [-0.2, 0) is 20.4 Å². The van der Waals surface area contributed by atoms with Gasteiger partial charge in [-0.05, 0) is 20.9 Å². The van der Waals surface area contributed by atoms with E-state index < -0.39 is 16.9 Å². The fraction of sp³-hybridized carbons (Fsp3) is 0.833. The molecule has 0 spiro atoms. The molecule has 0 radical (unpaired) electrons. The van der Waals surface area contributed by atoms with Crippen molar-refractivity contribution in [2.24, 2.45) is 0 Å². The molecular weight excluding hydrogens is 196 g/mol. The minimum Gasteiger partial charge on any atom is -0.307 e. The molecule has 2 unspecified atom stereocenters. The van der Waals surface area contributed by atoms with Crippen LogP contribution < -0.4 is 5.32 Å². The summed E-state index contributed by atoms with van der Waals surface area (Å²) in [5.74, 6) is -0.338. The molecule has 0 aromatic heterocycles. The zero-order valence-electron chi connectivity index (χ0n) is 7.60. The molecule has 13 heavy (non-hydrogen) atoms. The predicted molar refractivity (Wildman–Crippen MR) is 45.6 cm³/mol. The molecule has 0 saturated carbocycles. The summed E-state index contributed by atoms with van der Waals surface area (Å²) in [6, 6.07) is -0.365. The molecule has 1 rings (SSSR count). The van der Waals surface area contributed by atoms with Crippen LogP contribution in [0.2, 0.25) is 0 Å². The second-order valence-corrected chi connectivity index (χ2v) is 3.88. The van der Waals surface area contributed by atoms with E-state index >= 15 is 0 Å². The summed E-state index contributed by atoms with van der Waals surface area (Å²) >= 11 is -2.45. The van der Waals surface area contributed by atoms with Crippen LogP contribution in [0.3, 0.4) is 0 Å². The minimum absolute atomic E-state index is 0.338. The second kappa shape index (κ2) is 3.33. The first kappa shape index (κ1) is 10.6. The molecule has 2 atom stereocenters. The molecule has 6 nitrogen and oxygen atoms in total. The number of nitrogens with zero attached hydrogens (tertiary/aromatic N) is 1. The maximum atomic E-state index is 11.2. The number of carbonyl (C=O) groups is 1. The number of hydrogen-bond donors (Lipinski definition) is 2. The highest BCUT2D eigenvalue weighted by atomic mass is 32.2. The summed E-state index contributed by atoms with van der Waals surface area (Å²) in [7, 11) is 1.65. The quantitative estimate of drug-likeness (QED) is 0.472. The summed E-state index contributed by atoms with van der Waals surface area (Å²) in [4.78, 5) is 11.2. The van der Waals surface area contributed by atoms with Crippen LogP contribution in [0.15, 0.2) is 0 Å². The minimum atomic E-state index is -2.45. The molecule has 2 N–H and O–H groups in total. The van der Waals surface area contributed by atoms with Crippen LogP contribution in [0.4, 0.5) is 0 Å². The van der Waals surface area contributed by atoms with Gasteiger partial charge in [0, 0.05) is 0 Å². The summed E-state index contributed by atoms with van der Waals surface area (Å²) in [6.45, 7) is 3.48. The van der Waals surface area contributed by atoms with Gasteiger partial charge in [0.1, 0.15) is 6.04 Å². The lowest BCUT2D eigenvalue weighted by atomic mass is 9.85. The first-order chi connectivity index (χ1) is 5.91. The highest BCUT2D eigenvalue weighted by molar-refractivity contribution is 7.74. The number of likely N-dealkylation sites (N-methyl/N-ethyl adjacent to an activating group) is 1. The van der Waals surface area contributed by atoms with Gasteiger partial charge in [-0.15, -0.1) is 4.28 Å². The molecule has 0 aromatic rings. The van der Waals surface area contributed by atoms with Gasteiger partial charge in [-0.3, -0.25) is 9.35 Å². The Morgan fingerprint density at radius 3 is 2.54 bits per heavy atom. The molecule has 1 fully saturated rings. The van der Waals surface area contributed by atoms with Crippen molar-refractivity contribution in [2.75, 3.05) is 7.05 Å². The first-order valence-corrected chi connectivity index (χ1v) is 4.75. The Morgan fingerprint density at radius 1 is 1.69 bits per heavy atom. The monoisotopic (exact) mass is 208 g/mol. The van der Waals surface area contributed by atoms with E-state index in [9.17, 15) is 9.00 Å². The van der Waals surface area contributed by atoms with Crippen molar-refractivity contribution in [3.63, 3.8) is 0 Å². The van der Waals surface area contributed by atoms with E-state index in [4.69, 9.17) is 4.55 Å². The molecule has 1 aliphatic heterocycles. The standard InChI is InChI=1S/C6H12N2O4S/c1-6(2)4(7-3)5(9)8(6)12-13(10)11/h4,7H,1-3H3,(H,10,11). The lowest BCUT2D eigenvalue weighted by Gasteiger charge is -2.50. The van der Waals surface area contributed by atoms with Crippen molar-refractivity contribution < 1.29 is 17.8 Å². The summed E-state index contributed by atoms with van der Waals surface area (Å²) < 4.78 is 23.2. The SMILES string of the molecule is CNC1C(=O)N(OS(=O)O)C1(C)C. The van der Waals surface area contributed by atoms with E-state index in [-0.39, 0.29) is 11.9 Å². The van der Waals surface area contributed by atoms with Crippen LogP contribution in [0, 0.1) is 0 Å². The van der Waals surface area contributed by atoms with Crippen molar-refractivity contribution in [3.05, 3.63) is 0 Å². The molecule has 1 amide bonds. The zero-order chi connectivity index (χ0) is 10.2. The van der Waals surface area contributed by atoms with Crippen LogP contribution in [0.5, 0.6) is 0 Å². The fourth-order valence-electron chi connectivity index (χ4n) is 1.43. The molecule has 0 bridgehead atoms. The van der Waals surface area contributed by atoms with Crippen molar-refractivity contribution >= 4 is 17.3 Å². The van der Waals surface area contributed by atoms with Crippen molar-refractivity contribution in [2.45, 2.75) is 25.4 Å². The Morgan fingerprint density at radius 2 is 2.23 bits per heavy atom. The molecule has 1 saturated heterocycles. The fourth-order valence-corrected chi connectivity index (χ4v) is 1.82. The number of amides is 1. The first-order valence-electron chi connectivity index (χ1n) is 3.72. The largest absolute Gasteiger partial charge is 0.325 e. The maximum Gasteiger partial charge on any atom is 0.325 e. The third kappa shape index (κ3) is 1.60. The highest BCUT2D eigenvalue weighted by Crippen LogP contribution is 2.31. The molecule has 7 heteroatoms. The van der Waals surface area contributed by atoms with Gasteiger partial charge in [-0.1, -0.05) is 0 Å². The summed E-state index contributed by atoms with van der Waals surface area (Å²) in [5.41, 5.74) is -0.593. The molecule has 76 valence electrons. The van der Waals surface area contributed by atoms with Crippen molar-refractivity contribution in [3.8, 4) is 0 Å². The molecule has 1 heterocycles. The number of rotatable bonds is 3. The Labute approximate surface area is 78.7 Å². The van der Waals surface area contributed by atoms with Gasteiger partial charge in [0.05, 0.1) is 5.54 Å². The van der Waals surface area contributed by atoms with Gasteiger partial charge in [0.15, 0.2) is 0 Å². The lowest BCUT2D eigenvalue weighted by molar-refractivity contribution is -0.215. The summed E-state index contributed by atoms with van der Waals surface area (Å²) in [6.07, 6.45) is 0. The second-order valence-electron chi connectivity index (χ2n) is 3.30. The highest BCUT2D eigenvalue weighted by Gasteiger charge is 2.55. The Hall–Kier alpha value is -0.500. The normalized spacial score (nSPS) is 28.5. The van der Waals surface area contributed by atoms with Gasteiger partial charge >= 0.3 is 11.4 Å². The smallest absolute Gasteiger partial charge is 0.307 e. The van der Waals surface area contributed by atoms with E-state index in [1.54, 1.807) is 20.9 Å². The number of carbonyl (C=O) groups excluding carboxylic acids is 1. The van der Waals surface area contributed by atoms with Crippen LogP contribution in [0.25, 0.3) is 0 Å². The van der Waals surface area contributed by atoms with E-state index in [2.05, 4.69) is 9.60 Å². The Bertz CT molecular complexity index is 255. The van der Waals surface area contributed by atoms with Gasteiger partial charge in [0.2, 0.25) is 0 Å². The molecule has 0 aromatic carbocycles. The van der Waals surface area contributed by atoms with Crippen molar-refractivity contribution in [1.29, 1.82) is 0 Å². The predicted octanol–water partition coefficient (Wildman–Crippen LogP) is -0.736. The van der Waals surface area contributed by atoms with Gasteiger partial charge in [0.25, 0.3) is 5.91 Å². The summed E-state index contributed by atoms with van der Waals surface area (Å²) in [5, 5.41) is 3.70.